The Kier molecular flexibility index (Phi) is 8.26. The largest absolute Gasteiger partial charge is 0.489 e. The van der Waals surface area contributed by atoms with Gasteiger partial charge >= 0.3 is 0 Å². The van der Waals surface area contributed by atoms with E-state index in [9.17, 15) is 4.79 Å². The number of carbonyl (C=O) groups excluding carboxylic acids is 1. The second-order valence-electron chi connectivity index (χ2n) is 6.63. The second-order valence-corrected chi connectivity index (χ2v) is 8.34. The smallest absolute Gasteiger partial charge is 0.281 e. The Labute approximate surface area is 198 Å². The van der Waals surface area contributed by atoms with Crippen LogP contribution in [0, 0.1) is 0 Å². The highest BCUT2D eigenvalue weighted by molar-refractivity contribution is 9.11. The first-order valence-electron chi connectivity index (χ1n) is 9.73. The molecule has 0 aromatic heterocycles. The summed E-state index contributed by atoms with van der Waals surface area (Å²) >= 11 is 7.03. The molecule has 0 spiro atoms. The topological polar surface area (TPSA) is 59.9 Å². The summed E-state index contributed by atoms with van der Waals surface area (Å²) in [5.41, 5.74) is 3.29. The number of hydrogen-bond acceptors (Lipinski definition) is 4. The normalized spacial score (nSPS) is 12.0. The van der Waals surface area contributed by atoms with E-state index in [1.165, 1.54) is 0 Å². The summed E-state index contributed by atoms with van der Waals surface area (Å²) in [4.78, 5) is 12.6. The van der Waals surface area contributed by atoms with Crippen LogP contribution in [0.5, 0.6) is 11.5 Å². The number of halogens is 2. The van der Waals surface area contributed by atoms with Crippen molar-refractivity contribution >= 4 is 54.8 Å². The highest BCUT2D eigenvalue weighted by Gasteiger charge is 2.20. The predicted molar refractivity (Wildman–Crippen MR) is 132 cm³/mol. The van der Waals surface area contributed by atoms with Crippen LogP contribution in [0.4, 0.5) is 0 Å². The minimum atomic E-state index is -0.686. The standard InChI is InChI=1S/C24H22Br2N2O3/c1-3-13-30-21-12-10-18(25)14-17(21)15-27-28-24(29)20(4-2)31-22-11-9-16-7-5-6-8-19(16)23(22)26/h3,5-12,14-15,20H,1,4,13H2,2H3,(H,28,29)/t20-/m1/s1. The van der Waals surface area contributed by atoms with Crippen LogP contribution in [0.1, 0.15) is 18.9 Å². The molecule has 0 heterocycles. The van der Waals surface area contributed by atoms with Gasteiger partial charge in [-0.1, -0.05) is 65.8 Å². The molecular formula is C24H22Br2N2O3. The van der Waals surface area contributed by atoms with E-state index in [0.717, 1.165) is 25.3 Å². The number of ether oxygens (including phenoxy) is 2. The van der Waals surface area contributed by atoms with Crippen molar-refractivity contribution in [2.75, 3.05) is 6.61 Å². The number of rotatable bonds is 9. The Bertz CT molecular complexity index is 1120. The van der Waals surface area contributed by atoms with Crippen LogP contribution < -0.4 is 14.9 Å². The summed E-state index contributed by atoms with van der Waals surface area (Å²) in [6.45, 7) is 5.92. The number of amides is 1. The summed E-state index contributed by atoms with van der Waals surface area (Å²) < 4.78 is 13.3. The van der Waals surface area contributed by atoms with Crippen LogP contribution in [-0.2, 0) is 4.79 Å². The lowest BCUT2D eigenvalue weighted by Crippen LogP contribution is -2.35. The van der Waals surface area contributed by atoms with Crippen molar-refractivity contribution in [2.45, 2.75) is 19.4 Å². The maximum Gasteiger partial charge on any atom is 0.281 e. The van der Waals surface area contributed by atoms with Gasteiger partial charge in [-0.05, 0) is 57.4 Å². The highest BCUT2D eigenvalue weighted by atomic mass is 79.9. The van der Waals surface area contributed by atoms with Crippen LogP contribution in [0.25, 0.3) is 10.8 Å². The van der Waals surface area contributed by atoms with E-state index < -0.39 is 6.10 Å². The Morgan fingerprint density at radius 3 is 2.71 bits per heavy atom. The van der Waals surface area contributed by atoms with Crippen molar-refractivity contribution in [1.29, 1.82) is 0 Å². The van der Waals surface area contributed by atoms with Crippen LogP contribution in [0.3, 0.4) is 0 Å². The molecule has 7 heteroatoms. The molecule has 3 aromatic carbocycles. The second kappa shape index (κ2) is 11.1. The van der Waals surface area contributed by atoms with Gasteiger partial charge in [0.2, 0.25) is 0 Å². The zero-order chi connectivity index (χ0) is 22.2. The van der Waals surface area contributed by atoms with Gasteiger partial charge in [-0.3, -0.25) is 4.79 Å². The SMILES string of the molecule is C=CCOc1ccc(Br)cc1C=NNC(=O)[C@@H](CC)Oc1ccc2ccccc2c1Br. The fourth-order valence-corrected chi connectivity index (χ4v) is 3.88. The molecule has 31 heavy (non-hydrogen) atoms. The molecule has 0 saturated heterocycles. The van der Waals surface area contributed by atoms with Crippen molar-refractivity contribution < 1.29 is 14.3 Å². The molecule has 1 atom stereocenters. The monoisotopic (exact) mass is 544 g/mol. The zero-order valence-corrected chi connectivity index (χ0v) is 20.1. The van der Waals surface area contributed by atoms with Crippen molar-refractivity contribution in [3.05, 3.63) is 81.8 Å². The third kappa shape index (κ3) is 5.95. The third-order valence-corrected chi connectivity index (χ3v) is 5.78. The molecule has 0 fully saturated rings. The Morgan fingerprint density at radius 2 is 1.94 bits per heavy atom. The fraction of sp³-hybridized carbons (Fsp3) is 0.167. The molecule has 1 N–H and O–H groups in total. The van der Waals surface area contributed by atoms with Gasteiger partial charge < -0.3 is 9.47 Å². The first-order valence-corrected chi connectivity index (χ1v) is 11.3. The Balaban J connectivity index is 1.70. The summed E-state index contributed by atoms with van der Waals surface area (Å²) in [5.74, 6) is 0.920. The molecule has 0 bridgehead atoms. The van der Waals surface area contributed by atoms with Crippen LogP contribution >= 0.6 is 31.9 Å². The zero-order valence-electron chi connectivity index (χ0n) is 17.0. The number of nitrogens with zero attached hydrogens (tertiary/aromatic N) is 1. The number of fused-ring (bicyclic) bond motifs is 1. The number of benzene rings is 3. The number of hydrogen-bond donors (Lipinski definition) is 1. The minimum absolute atomic E-state index is 0.331. The lowest BCUT2D eigenvalue weighted by atomic mass is 10.1. The first-order chi connectivity index (χ1) is 15.0. The van der Waals surface area contributed by atoms with E-state index in [-0.39, 0.29) is 5.91 Å². The molecule has 0 aliphatic carbocycles. The average Bonchev–Trinajstić information content (AvgIpc) is 2.78. The van der Waals surface area contributed by atoms with Crippen LogP contribution in [0.2, 0.25) is 0 Å². The van der Waals surface area contributed by atoms with E-state index in [0.29, 0.717) is 24.5 Å². The van der Waals surface area contributed by atoms with Crippen molar-refractivity contribution in [3.63, 3.8) is 0 Å². The summed E-state index contributed by atoms with van der Waals surface area (Å²) in [7, 11) is 0. The Hall–Kier alpha value is -2.64. The molecular weight excluding hydrogens is 524 g/mol. The van der Waals surface area contributed by atoms with E-state index in [1.54, 1.807) is 12.3 Å². The van der Waals surface area contributed by atoms with Gasteiger partial charge in [0, 0.05) is 10.0 Å². The number of hydrazone groups is 1. The fourth-order valence-electron chi connectivity index (χ4n) is 2.92. The number of carbonyl (C=O) groups is 1. The van der Waals surface area contributed by atoms with Gasteiger partial charge in [-0.15, -0.1) is 0 Å². The average molecular weight is 546 g/mol. The summed E-state index contributed by atoms with van der Waals surface area (Å²) in [6, 6.07) is 17.3. The predicted octanol–water partition coefficient (Wildman–Crippen LogP) is 6.24. The van der Waals surface area contributed by atoms with Gasteiger partial charge in [0.05, 0.1) is 10.7 Å². The lowest BCUT2D eigenvalue weighted by molar-refractivity contribution is -0.128. The van der Waals surface area contributed by atoms with Gasteiger partial charge in [0.1, 0.15) is 18.1 Å². The molecule has 5 nitrogen and oxygen atoms in total. The lowest BCUT2D eigenvalue weighted by Gasteiger charge is -2.17. The van der Waals surface area contributed by atoms with Crippen molar-refractivity contribution in [2.24, 2.45) is 5.10 Å². The maximum atomic E-state index is 12.6. The van der Waals surface area contributed by atoms with E-state index in [2.05, 4.69) is 49.0 Å². The van der Waals surface area contributed by atoms with Gasteiger partial charge in [0.15, 0.2) is 6.10 Å². The molecule has 160 valence electrons. The molecule has 0 unspecified atom stereocenters. The van der Waals surface area contributed by atoms with Crippen molar-refractivity contribution in [3.8, 4) is 11.5 Å². The highest BCUT2D eigenvalue weighted by Crippen LogP contribution is 2.33. The van der Waals surface area contributed by atoms with Gasteiger partial charge in [-0.2, -0.15) is 5.10 Å². The molecule has 0 aliphatic rings. The molecule has 3 aromatic rings. The summed E-state index contributed by atoms with van der Waals surface area (Å²) in [6.07, 6.45) is 3.01. The Morgan fingerprint density at radius 1 is 1.16 bits per heavy atom. The first kappa shape index (κ1) is 23.0. The third-order valence-electron chi connectivity index (χ3n) is 4.47. The molecule has 1 amide bonds. The van der Waals surface area contributed by atoms with Gasteiger partial charge in [-0.25, -0.2) is 5.43 Å². The quantitative estimate of drug-likeness (QED) is 0.197. The van der Waals surface area contributed by atoms with E-state index in [1.807, 2.05) is 61.5 Å². The minimum Gasteiger partial charge on any atom is -0.489 e. The molecule has 0 radical (unpaired) electrons. The molecule has 0 aliphatic heterocycles. The number of nitrogens with one attached hydrogen (secondary N) is 1. The van der Waals surface area contributed by atoms with Crippen LogP contribution in [-0.4, -0.2) is 24.8 Å². The molecule has 0 saturated carbocycles. The molecule has 3 rings (SSSR count). The van der Waals surface area contributed by atoms with E-state index in [4.69, 9.17) is 9.47 Å². The van der Waals surface area contributed by atoms with Crippen molar-refractivity contribution in [1.82, 2.24) is 5.43 Å². The summed E-state index contributed by atoms with van der Waals surface area (Å²) in [5, 5.41) is 6.20. The van der Waals surface area contributed by atoms with Gasteiger partial charge in [0.25, 0.3) is 5.91 Å². The maximum absolute atomic E-state index is 12.6. The van der Waals surface area contributed by atoms with Crippen LogP contribution in [0.15, 0.2) is 81.3 Å². The van der Waals surface area contributed by atoms with E-state index >= 15 is 0 Å².